The van der Waals surface area contributed by atoms with Gasteiger partial charge in [0, 0.05) is 12.6 Å². The van der Waals surface area contributed by atoms with Crippen molar-refractivity contribution in [2.45, 2.75) is 39.2 Å². The summed E-state index contributed by atoms with van der Waals surface area (Å²) >= 11 is 0. The van der Waals surface area contributed by atoms with Crippen LogP contribution in [0.3, 0.4) is 0 Å². The largest absolute Gasteiger partial charge is 0.316 e. The van der Waals surface area contributed by atoms with Gasteiger partial charge in [-0.05, 0) is 69.4 Å². The molecule has 1 heterocycles. The first kappa shape index (κ1) is 16.4. The van der Waals surface area contributed by atoms with Crippen LogP contribution in [0.2, 0.25) is 0 Å². The van der Waals surface area contributed by atoms with Crippen LogP contribution in [0.1, 0.15) is 44.7 Å². The first-order valence-electron chi connectivity index (χ1n) is 8.01. The molecule has 1 aromatic rings. The molecule has 0 spiro atoms. The molecule has 1 aliphatic heterocycles. The molecule has 2 nitrogen and oxygen atoms in total. The van der Waals surface area contributed by atoms with E-state index < -0.39 is 11.6 Å². The summed E-state index contributed by atoms with van der Waals surface area (Å²) in [4.78, 5) is 2.39. The zero-order chi connectivity index (χ0) is 15.2. The third kappa shape index (κ3) is 4.48. The van der Waals surface area contributed by atoms with Crippen molar-refractivity contribution < 1.29 is 8.78 Å². The van der Waals surface area contributed by atoms with Crippen molar-refractivity contribution in [2.75, 3.05) is 26.2 Å². The second kappa shape index (κ2) is 7.85. The Bertz CT molecular complexity index is 444. The topological polar surface area (TPSA) is 15.3 Å². The highest BCUT2D eigenvalue weighted by Gasteiger charge is 2.21. The Hall–Kier alpha value is -1.00. The Morgan fingerprint density at radius 1 is 1.33 bits per heavy atom. The quantitative estimate of drug-likeness (QED) is 0.860. The van der Waals surface area contributed by atoms with E-state index in [9.17, 15) is 8.78 Å². The number of benzene rings is 1. The molecule has 0 bridgehead atoms. The maximum absolute atomic E-state index is 13.4. The Morgan fingerprint density at radius 3 is 2.76 bits per heavy atom. The van der Waals surface area contributed by atoms with Crippen LogP contribution in [0.15, 0.2) is 18.2 Å². The van der Waals surface area contributed by atoms with Gasteiger partial charge in [-0.1, -0.05) is 13.0 Å². The van der Waals surface area contributed by atoms with Gasteiger partial charge in [0.05, 0.1) is 0 Å². The minimum absolute atomic E-state index is 0.113. The first-order valence-corrected chi connectivity index (χ1v) is 8.01. The van der Waals surface area contributed by atoms with Crippen LogP contribution in [0.5, 0.6) is 0 Å². The maximum Gasteiger partial charge on any atom is 0.159 e. The Kier molecular flexibility index (Phi) is 6.12. The molecule has 4 heteroatoms. The molecule has 1 fully saturated rings. The third-order valence-corrected chi connectivity index (χ3v) is 4.38. The molecular formula is C17H26F2N2. The van der Waals surface area contributed by atoms with E-state index >= 15 is 0 Å². The third-order valence-electron chi connectivity index (χ3n) is 4.38. The van der Waals surface area contributed by atoms with Crippen molar-refractivity contribution in [3.63, 3.8) is 0 Å². The zero-order valence-electron chi connectivity index (χ0n) is 13.0. The molecule has 118 valence electrons. The molecule has 1 aliphatic rings. The number of nitrogens with zero attached hydrogens (tertiary/aromatic N) is 1. The molecule has 0 radical (unpaired) electrons. The van der Waals surface area contributed by atoms with Crippen molar-refractivity contribution in [3.8, 4) is 0 Å². The van der Waals surface area contributed by atoms with E-state index in [-0.39, 0.29) is 6.04 Å². The van der Waals surface area contributed by atoms with Crippen molar-refractivity contribution in [1.29, 1.82) is 0 Å². The molecule has 1 N–H and O–H groups in total. The number of rotatable bonds is 6. The highest BCUT2D eigenvalue weighted by molar-refractivity contribution is 5.21. The van der Waals surface area contributed by atoms with Crippen LogP contribution in [0.25, 0.3) is 0 Å². The maximum atomic E-state index is 13.4. The Labute approximate surface area is 126 Å². The van der Waals surface area contributed by atoms with Gasteiger partial charge < -0.3 is 5.32 Å². The minimum atomic E-state index is -0.774. The minimum Gasteiger partial charge on any atom is -0.316 e. The fraction of sp³-hybridized carbons (Fsp3) is 0.647. The highest BCUT2D eigenvalue weighted by atomic mass is 19.2. The van der Waals surface area contributed by atoms with E-state index in [0.29, 0.717) is 5.92 Å². The highest BCUT2D eigenvalue weighted by Crippen LogP contribution is 2.24. The molecule has 0 amide bonds. The van der Waals surface area contributed by atoms with Crippen molar-refractivity contribution in [1.82, 2.24) is 10.2 Å². The lowest BCUT2D eigenvalue weighted by atomic mass is 9.97. The molecule has 0 aliphatic carbocycles. The van der Waals surface area contributed by atoms with Crippen molar-refractivity contribution in [3.05, 3.63) is 35.4 Å². The second-order valence-electron chi connectivity index (χ2n) is 6.06. The molecule has 0 aromatic heterocycles. The van der Waals surface area contributed by atoms with Crippen LogP contribution < -0.4 is 5.32 Å². The van der Waals surface area contributed by atoms with Gasteiger partial charge in [0.2, 0.25) is 0 Å². The van der Waals surface area contributed by atoms with Gasteiger partial charge in [-0.25, -0.2) is 8.78 Å². The molecule has 2 atom stereocenters. The van der Waals surface area contributed by atoms with Crippen molar-refractivity contribution in [2.24, 2.45) is 5.92 Å². The van der Waals surface area contributed by atoms with Gasteiger partial charge in [0.1, 0.15) is 0 Å². The summed E-state index contributed by atoms with van der Waals surface area (Å²) < 4.78 is 26.5. The molecule has 2 unspecified atom stereocenters. The predicted octanol–water partition coefficient (Wildman–Crippen LogP) is 3.74. The van der Waals surface area contributed by atoms with E-state index in [1.54, 1.807) is 6.07 Å². The lowest BCUT2D eigenvalue weighted by Crippen LogP contribution is -2.39. The van der Waals surface area contributed by atoms with Crippen LogP contribution in [0.4, 0.5) is 8.78 Å². The van der Waals surface area contributed by atoms with E-state index in [0.717, 1.165) is 38.2 Å². The second-order valence-corrected chi connectivity index (χ2v) is 6.06. The van der Waals surface area contributed by atoms with E-state index in [1.807, 2.05) is 0 Å². The Morgan fingerprint density at radius 2 is 2.14 bits per heavy atom. The van der Waals surface area contributed by atoms with Crippen LogP contribution in [0, 0.1) is 17.6 Å². The summed E-state index contributed by atoms with van der Waals surface area (Å²) in [6.45, 7) is 8.41. The lowest BCUT2D eigenvalue weighted by Gasteiger charge is -2.34. The average Bonchev–Trinajstić information content (AvgIpc) is 2.50. The average molecular weight is 296 g/mol. The van der Waals surface area contributed by atoms with Gasteiger partial charge in [-0.15, -0.1) is 0 Å². The van der Waals surface area contributed by atoms with E-state index in [1.165, 1.54) is 25.0 Å². The lowest BCUT2D eigenvalue weighted by molar-refractivity contribution is 0.162. The standard InChI is InChI=1S/C17H26F2N2/c1-3-9-21(12-14-5-4-8-20-11-14)13(2)15-6-7-16(18)17(19)10-15/h6-7,10,13-14,20H,3-5,8-9,11-12H2,1-2H3. The Balaban J connectivity index is 2.06. The summed E-state index contributed by atoms with van der Waals surface area (Å²) in [6, 6.07) is 4.38. The number of hydrogen-bond acceptors (Lipinski definition) is 2. The van der Waals surface area contributed by atoms with E-state index in [4.69, 9.17) is 0 Å². The number of halogens is 2. The fourth-order valence-corrected chi connectivity index (χ4v) is 3.12. The van der Waals surface area contributed by atoms with Gasteiger partial charge in [0.25, 0.3) is 0 Å². The van der Waals surface area contributed by atoms with Crippen LogP contribution >= 0.6 is 0 Å². The molecule has 21 heavy (non-hydrogen) atoms. The fourth-order valence-electron chi connectivity index (χ4n) is 3.12. The number of hydrogen-bond donors (Lipinski definition) is 1. The number of nitrogens with one attached hydrogen (secondary N) is 1. The van der Waals surface area contributed by atoms with E-state index in [2.05, 4.69) is 24.1 Å². The van der Waals surface area contributed by atoms with Crippen LogP contribution in [-0.4, -0.2) is 31.1 Å². The molecule has 1 saturated heterocycles. The predicted molar refractivity (Wildman–Crippen MR) is 82.2 cm³/mol. The molecule has 2 rings (SSSR count). The van der Waals surface area contributed by atoms with Gasteiger partial charge in [0.15, 0.2) is 11.6 Å². The summed E-state index contributed by atoms with van der Waals surface area (Å²) in [7, 11) is 0. The first-order chi connectivity index (χ1) is 10.1. The summed E-state index contributed by atoms with van der Waals surface area (Å²) in [5.74, 6) is -0.877. The van der Waals surface area contributed by atoms with Gasteiger partial charge in [-0.3, -0.25) is 4.90 Å². The smallest absolute Gasteiger partial charge is 0.159 e. The SMILES string of the molecule is CCCN(CC1CCCNC1)C(C)c1ccc(F)c(F)c1. The number of piperidine rings is 1. The van der Waals surface area contributed by atoms with Crippen LogP contribution in [-0.2, 0) is 0 Å². The van der Waals surface area contributed by atoms with Gasteiger partial charge in [-0.2, -0.15) is 0 Å². The normalized spacial score (nSPS) is 20.7. The summed E-state index contributed by atoms with van der Waals surface area (Å²) in [5, 5.41) is 3.44. The van der Waals surface area contributed by atoms with Crippen molar-refractivity contribution >= 4 is 0 Å². The monoisotopic (exact) mass is 296 g/mol. The van der Waals surface area contributed by atoms with Gasteiger partial charge >= 0.3 is 0 Å². The molecule has 1 aromatic carbocycles. The molecule has 0 saturated carbocycles. The summed E-state index contributed by atoms with van der Waals surface area (Å²) in [5.41, 5.74) is 0.853. The zero-order valence-corrected chi connectivity index (χ0v) is 13.0. The summed E-state index contributed by atoms with van der Waals surface area (Å²) in [6.07, 6.45) is 3.54. The molecular weight excluding hydrogens is 270 g/mol.